The third kappa shape index (κ3) is 7.99. The molecule has 0 heterocycles. The molecular weight excluding hydrogens is 550 g/mol. The van der Waals surface area contributed by atoms with E-state index in [0.29, 0.717) is 17.3 Å². The van der Waals surface area contributed by atoms with Crippen LogP contribution in [0, 0.1) is 12.8 Å². The van der Waals surface area contributed by atoms with Gasteiger partial charge in [0.25, 0.3) is 10.0 Å². The van der Waals surface area contributed by atoms with Crippen LogP contribution in [-0.2, 0) is 26.2 Å². The van der Waals surface area contributed by atoms with E-state index >= 15 is 0 Å². The molecule has 214 valence electrons. The maximum atomic E-state index is 14.0. The van der Waals surface area contributed by atoms with Gasteiger partial charge in [-0.1, -0.05) is 61.3 Å². The average molecular weight is 586 g/mol. The molecule has 0 fully saturated rings. The maximum absolute atomic E-state index is 14.0. The van der Waals surface area contributed by atoms with Gasteiger partial charge in [0.1, 0.15) is 18.3 Å². The third-order valence-electron chi connectivity index (χ3n) is 6.32. The van der Waals surface area contributed by atoms with Gasteiger partial charge in [0.15, 0.2) is 0 Å². The lowest BCUT2D eigenvalue weighted by molar-refractivity contribution is -0.139. The number of carbonyl (C=O) groups is 2. The lowest BCUT2D eigenvalue weighted by Gasteiger charge is -2.32. The predicted molar refractivity (Wildman–Crippen MR) is 158 cm³/mol. The van der Waals surface area contributed by atoms with E-state index in [1.807, 2.05) is 26.8 Å². The number of hydrogen-bond donors (Lipinski definition) is 1. The molecule has 0 bridgehead atoms. The molecule has 3 rings (SSSR count). The highest BCUT2D eigenvalue weighted by molar-refractivity contribution is 7.92. The maximum Gasteiger partial charge on any atom is 0.264 e. The standard InChI is InChI=1S/C30H36ClN3O5S/c1-21(2)18-32-30(36)23(4)33(19-24-8-6-11-27(16-24)39-5)29(35)20-34(26-10-7-9-25(31)17-26)40(37,38)28-14-12-22(3)13-15-28/h6-17,21,23H,18-20H2,1-5H3,(H,32,36)/t23-/m0/s1. The number of methoxy groups -OCH3 is 1. The largest absolute Gasteiger partial charge is 0.497 e. The van der Waals surface area contributed by atoms with Gasteiger partial charge in [0.05, 0.1) is 17.7 Å². The monoisotopic (exact) mass is 585 g/mol. The predicted octanol–water partition coefficient (Wildman–Crippen LogP) is 5.04. The summed E-state index contributed by atoms with van der Waals surface area (Å²) < 4.78 is 34.1. The fourth-order valence-corrected chi connectivity index (χ4v) is 5.59. The summed E-state index contributed by atoms with van der Waals surface area (Å²) in [5.41, 5.74) is 1.86. The Hall–Kier alpha value is -3.56. The van der Waals surface area contributed by atoms with E-state index in [9.17, 15) is 18.0 Å². The molecule has 0 aliphatic carbocycles. The van der Waals surface area contributed by atoms with E-state index in [1.165, 1.54) is 23.1 Å². The quantitative estimate of drug-likeness (QED) is 0.321. The SMILES string of the molecule is COc1cccc(CN(C(=O)CN(c2cccc(Cl)c2)S(=O)(=O)c2ccc(C)cc2)[C@@H](C)C(=O)NCC(C)C)c1. The van der Waals surface area contributed by atoms with Crippen LogP contribution >= 0.6 is 11.6 Å². The summed E-state index contributed by atoms with van der Waals surface area (Å²) in [6.07, 6.45) is 0. The first-order valence-corrected chi connectivity index (χ1v) is 14.8. The Balaban J connectivity index is 2.02. The van der Waals surface area contributed by atoms with Crippen molar-refractivity contribution in [2.45, 2.75) is 45.2 Å². The number of hydrogen-bond acceptors (Lipinski definition) is 5. The second-order valence-corrected chi connectivity index (χ2v) is 12.3. The van der Waals surface area contributed by atoms with Crippen molar-refractivity contribution in [3.05, 3.63) is 88.9 Å². The van der Waals surface area contributed by atoms with Gasteiger partial charge in [-0.3, -0.25) is 13.9 Å². The van der Waals surface area contributed by atoms with Crippen LogP contribution in [0.25, 0.3) is 0 Å². The van der Waals surface area contributed by atoms with Crippen LogP contribution in [0.5, 0.6) is 5.75 Å². The third-order valence-corrected chi connectivity index (χ3v) is 8.35. The van der Waals surface area contributed by atoms with Crippen molar-refractivity contribution >= 4 is 39.1 Å². The molecule has 0 aliphatic heterocycles. The zero-order chi connectivity index (χ0) is 29.4. The molecule has 1 N–H and O–H groups in total. The smallest absolute Gasteiger partial charge is 0.264 e. The number of ether oxygens (including phenoxy) is 1. The van der Waals surface area contributed by atoms with E-state index < -0.39 is 28.5 Å². The van der Waals surface area contributed by atoms with Gasteiger partial charge in [-0.05, 0) is 67.8 Å². The molecule has 40 heavy (non-hydrogen) atoms. The Morgan fingerprint density at radius 1 is 0.975 bits per heavy atom. The lowest BCUT2D eigenvalue weighted by atomic mass is 10.1. The van der Waals surface area contributed by atoms with Crippen molar-refractivity contribution in [1.29, 1.82) is 0 Å². The molecule has 0 spiro atoms. The van der Waals surface area contributed by atoms with Gasteiger partial charge >= 0.3 is 0 Å². The zero-order valence-electron chi connectivity index (χ0n) is 23.4. The summed E-state index contributed by atoms with van der Waals surface area (Å²) in [6, 6.07) is 19.0. The molecule has 1 atom stereocenters. The van der Waals surface area contributed by atoms with Crippen LogP contribution in [0.3, 0.4) is 0 Å². The Bertz CT molecular complexity index is 1430. The van der Waals surface area contributed by atoms with Crippen LogP contribution in [0.2, 0.25) is 5.02 Å². The molecule has 0 unspecified atom stereocenters. The van der Waals surface area contributed by atoms with E-state index in [1.54, 1.807) is 62.6 Å². The van der Waals surface area contributed by atoms with Crippen molar-refractivity contribution < 1.29 is 22.7 Å². The second kappa shape index (κ2) is 13.7. The Morgan fingerprint density at radius 2 is 1.65 bits per heavy atom. The van der Waals surface area contributed by atoms with Crippen molar-refractivity contribution in [1.82, 2.24) is 10.2 Å². The number of nitrogens with zero attached hydrogens (tertiary/aromatic N) is 2. The lowest BCUT2D eigenvalue weighted by Crippen LogP contribution is -2.51. The molecule has 0 saturated heterocycles. The molecule has 0 radical (unpaired) electrons. The van der Waals surface area contributed by atoms with Gasteiger partial charge in [0, 0.05) is 18.1 Å². The highest BCUT2D eigenvalue weighted by Crippen LogP contribution is 2.27. The summed E-state index contributed by atoms with van der Waals surface area (Å²) in [6.45, 7) is 7.41. The number of amides is 2. The molecule has 2 amide bonds. The Morgan fingerprint density at radius 3 is 2.27 bits per heavy atom. The highest BCUT2D eigenvalue weighted by Gasteiger charge is 2.32. The van der Waals surface area contributed by atoms with Crippen molar-refractivity contribution in [2.75, 3.05) is 24.5 Å². The van der Waals surface area contributed by atoms with E-state index in [2.05, 4.69) is 5.32 Å². The molecule has 3 aromatic carbocycles. The number of rotatable bonds is 12. The van der Waals surface area contributed by atoms with Gasteiger partial charge in [-0.25, -0.2) is 8.42 Å². The molecule has 0 saturated carbocycles. The Kier molecular flexibility index (Phi) is 10.6. The summed E-state index contributed by atoms with van der Waals surface area (Å²) in [5, 5.41) is 3.20. The van der Waals surface area contributed by atoms with Crippen LogP contribution in [0.15, 0.2) is 77.7 Å². The minimum atomic E-state index is -4.16. The van der Waals surface area contributed by atoms with Crippen LogP contribution in [-0.4, -0.2) is 51.4 Å². The van der Waals surface area contributed by atoms with Crippen molar-refractivity contribution in [2.24, 2.45) is 5.92 Å². The van der Waals surface area contributed by atoms with E-state index in [4.69, 9.17) is 16.3 Å². The topological polar surface area (TPSA) is 96.0 Å². The first-order chi connectivity index (χ1) is 18.9. The van der Waals surface area contributed by atoms with Gasteiger partial charge in [0.2, 0.25) is 11.8 Å². The number of anilines is 1. The van der Waals surface area contributed by atoms with Crippen molar-refractivity contribution in [3.8, 4) is 5.75 Å². The van der Waals surface area contributed by atoms with Gasteiger partial charge in [-0.2, -0.15) is 0 Å². The molecule has 0 aromatic heterocycles. The normalized spacial score (nSPS) is 12.1. The van der Waals surface area contributed by atoms with E-state index in [0.717, 1.165) is 15.4 Å². The minimum Gasteiger partial charge on any atom is -0.497 e. The number of halogens is 1. The van der Waals surface area contributed by atoms with Crippen LogP contribution < -0.4 is 14.4 Å². The highest BCUT2D eigenvalue weighted by atomic mass is 35.5. The van der Waals surface area contributed by atoms with Gasteiger partial charge < -0.3 is 15.0 Å². The molecule has 0 aliphatic rings. The summed E-state index contributed by atoms with van der Waals surface area (Å²) in [5.74, 6) is -0.0627. The molecule has 3 aromatic rings. The second-order valence-electron chi connectivity index (χ2n) is 9.99. The van der Waals surface area contributed by atoms with Crippen molar-refractivity contribution in [3.63, 3.8) is 0 Å². The molecular formula is C30H36ClN3O5S. The average Bonchev–Trinajstić information content (AvgIpc) is 2.93. The molecule has 10 heteroatoms. The fourth-order valence-electron chi connectivity index (χ4n) is 4.00. The van der Waals surface area contributed by atoms with Crippen LogP contribution in [0.1, 0.15) is 31.9 Å². The van der Waals surface area contributed by atoms with Gasteiger partial charge in [-0.15, -0.1) is 0 Å². The minimum absolute atomic E-state index is 0.0351. The number of benzene rings is 3. The first-order valence-electron chi connectivity index (χ1n) is 13.0. The molecule has 8 nitrogen and oxygen atoms in total. The number of aryl methyl sites for hydroxylation is 1. The summed E-state index contributed by atoms with van der Waals surface area (Å²) >= 11 is 6.21. The Labute approximate surface area is 241 Å². The number of sulfonamides is 1. The fraction of sp³-hybridized carbons (Fsp3) is 0.333. The number of carbonyl (C=O) groups excluding carboxylic acids is 2. The van der Waals surface area contributed by atoms with Crippen LogP contribution in [0.4, 0.5) is 5.69 Å². The first kappa shape index (κ1) is 31.0. The van der Waals surface area contributed by atoms with E-state index in [-0.39, 0.29) is 29.0 Å². The zero-order valence-corrected chi connectivity index (χ0v) is 25.0. The summed E-state index contributed by atoms with van der Waals surface area (Å²) in [7, 11) is -2.62. The number of nitrogens with one attached hydrogen (secondary N) is 1. The summed E-state index contributed by atoms with van der Waals surface area (Å²) in [4.78, 5) is 28.5.